The van der Waals surface area contributed by atoms with Crippen molar-refractivity contribution in [3.05, 3.63) is 24.3 Å². The molecule has 5 nitrogen and oxygen atoms in total. The van der Waals surface area contributed by atoms with Gasteiger partial charge in [-0.1, -0.05) is 12.1 Å². The SMILES string of the molecule is NCCOc1ccccc1OB(O)O. The highest BCUT2D eigenvalue weighted by atomic mass is 16.6. The quantitative estimate of drug-likeness (QED) is 0.547. The van der Waals surface area contributed by atoms with Gasteiger partial charge in [-0.15, -0.1) is 0 Å². The summed E-state index contributed by atoms with van der Waals surface area (Å²) in [5.41, 5.74) is 5.26. The third-order valence-corrected chi connectivity index (χ3v) is 1.46. The van der Waals surface area contributed by atoms with Gasteiger partial charge >= 0.3 is 7.32 Å². The number of nitrogens with two attached hydrogens (primary N) is 1. The Balaban J connectivity index is 2.69. The van der Waals surface area contributed by atoms with E-state index in [2.05, 4.69) is 4.65 Å². The Labute approximate surface area is 82.2 Å². The lowest BCUT2D eigenvalue weighted by Gasteiger charge is -2.11. The maximum absolute atomic E-state index is 8.61. The summed E-state index contributed by atoms with van der Waals surface area (Å²) in [5, 5.41) is 17.2. The lowest BCUT2D eigenvalue weighted by atomic mass is 10.2. The Morgan fingerprint density at radius 2 is 1.86 bits per heavy atom. The van der Waals surface area contributed by atoms with Crippen LogP contribution in [0.3, 0.4) is 0 Å². The fourth-order valence-corrected chi connectivity index (χ4v) is 0.949. The number of para-hydroxylation sites is 2. The van der Waals surface area contributed by atoms with E-state index in [4.69, 9.17) is 20.5 Å². The topological polar surface area (TPSA) is 84.9 Å². The summed E-state index contributed by atoms with van der Waals surface area (Å²) >= 11 is 0. The van der Waals surface area contributed by atoms with E-state index in [0.29, 0.717) is 18.9 Å². The Bertz CT molecular complexity index is 282. The zero-order chi connectivity index (χ0) is 10.4. The molecular weight excluding hydrogens is 185 g/mol. The monoisotopic (exact) mass is 197 g/mol. The largest absolute Gasteiger partial charge is 0.707 e. The number of benzene rings is 1. The van der Waals surface area contributed by atoms with E-state index in [1.165, 1.54) is 0 Å². The minimum atomic E-state index is -1.85. The first-order valence-corrected chi connectivity index (χ1v) is 4.18. The van der Waals surface area contributed by atoms with Crippen molar-refractivity contribution in [3.63, 3.8) is 0 Å². The Kier molecular flexibility index (Phi) is 4.25. The van der Waals surface area contributed by atoms with Gasteiger partial charge in [0.05, 0.1) is 0 Å². The van der Waals surface area contributed by atoms with Gasteiger partial charge < -0.3 is 25.2 Å². The molecule has 0 radical (unpaired) electrons. The average molecular weight is 197 g/mol. The minimum Gasteiger partial charge on any atom is -0.509 e. The van der Waals surface area contributed by atoms with Gasteiger partial charge in [-0.2, -0.15) is 0 Å². The first kappa shape index (κ1) is 10.8. The van der Waals surface area contributed by atoms with Crippen LogP contribution >= 0.6 is 0 Å². The highest BCUT2D eigenvalue weighted by Crippen LogP contribution is 2.26. The van der Waals surface area contributed by atoms with E-state index in [0.717, 1.165) is 0 Å². The van der Waals surface area contributed by atoms with Gasteiger partial charge in [0.2, 0.25) is 0 Å². The first-order chi connectivity index (χ1) is 6.74. The zero-order valence-electron chi connectivity index (χ0n) is 7.59. The van der Waals surface area contributed by atoms with Crippen LogP contribution in [0.4, 0.5) is 0 Å². The van der Waals surface area contributed by atoms with Crippen LogP contribution in [0.2, 0.25) is 0 Å². The molecule has 0 amide bonds. The van der Waals surface area contributed by atoms with Gasteiger partial charge in [-0.05, 0) is 12.1 Å². The van der Waals surface area contributed by atoms with Crippen LogP contribution in [0, 0.1) is 0 Å². The molecule has 0 saturated heterocycles. The predicted molar refractivity (Wildman–Crippen MR) is 51.8 cm³/mol. The fraction of sp³-hybridized carbons (Fsp3) is 0.250. The molecule has 14 heavy (non-hydrogen) atoms. The van der Waals surface area contributed by atoms with Crippen molar-refractivity contribution in [2.45, 2.75) is 0 Å². The summed E-state index contributed by atoms with van der Waals surface area (Å²) in [6, 6.07) is 6.69. The van der Waals surface area contributed by atoms with E-state index < -0.39 is 7.32 Å². The van der Waals surface area contributed by atoms with Crippen molar-refractivity contribution in [2.24, 2.45) is 5.73 Å². The maximum atomic E-state index is 8.61. The molecule has 1 rings (SSSR count). The summed E-state index contributed by atoms with van der Waals surface area (Å²) in [4.78, 5) is 0. The molecule has 0 fully saturated rings. The fourth-order valence-electron chi connectivity index (χ4n) is 0.949. The molecule has 0 bridgehead atoms. The standard InChI is InChI=1S/C8H12BNO4/c10-5-6-13-7-3-1-2-4-8(7)14-9(11)12/h1-4,11-12H,5-6,10H2. The predicted octanol–water partition coefficient (Wildman–Crippen LogP) is -0.628. The van der Waals surface area contributed by atoms with Crippen molar-refractivity contribution < 1.29 is 19.4 Å². The van der Waals surface area contributed by atoms with Crippen molar-refractivity contribution in [1.82, 2.24) is 0 Å². The minimum absolute atomic E-state index is 0.274. The van der Waals surface area contributed by atoms with E-state index in [1.807, 2.05) is 0 Å². The van der Waals surface area contributed by atoms with Crippen molar-refractivity contribution in [3.8, 4) is 11.5 Å². The van der Waals surface area contributed by atoms with E-state index in [-0.39, 0.29) is 5.75 Å². The normalized spacial score (nSPS) is 9.64. The molecule has 0 spiro atoms. The van der Waals surface area contributed by atoms with E-state index >= 15 is 0 Å². The van der Waals surface area contributed by atoms with Gasteiger partial charge in [0, 0.05) is 6.54 Å². The van der Waals surface area contributed by atoms with Gasteiger partial charge in [0.25, 0.3) is 0 Å². The lowest BCUT2D eigenvalue weighted by Crippen LogP contribution is -2.21. The molecule has 6 heteroatoms. The van der Waals surface area contributed by atoms with Crippen LogP contribution in [-0.4, -0.2) is 30.5 Å². The second-order valence-electron chi connectivity index (χ2n) is 2.53. The second-order valence-corrected chi connectivity index (χ2v) is 2.53. The summed E-state index contributed by atoms with van der Waals surface area (Å²) in [5.74, 6) is 0.710. The molecular formula is C8H12BNO4. The smallest absolute Gasteiger partial charge is 0.509 e. The number of hydrogen-bond acceptors (Lipinski definition) is 5. The van der Waals surface area contributed by atoms with Gasteiger partial charge in [0.1, 0.15) is 12.4 Å². The van der Waals surface area contributed by atoms with Crippen LogP contribution in [0.5, 0.6) is 11.5 Å². The molecule has 4 N–H and O–H groups in total. The van der Waals surface area contributed by atoms with Crippen molar-refractivity contribution in [1.29, 1.82) is 0 Å². The van der Waals surface area contributed by atoms with Crippen LogP contribution in [0.1, 0.15) is 0 Å². The first-order valence-electron chi connectivity index (χ1n) is 4.18. The Morgan fingerprint density at radius 1 is 1.21 bits per heavy atom. The van der Waals surface area contributed by atoms with Gasteiger partial charge in [-0.3, -0.25) is 0 Å². The molecule has 76 valence electrons. The number of rotatable bonds is 5. The van der Waals surface area contributed by atoms with Crippen molar-refractivity contribution >= 4 is 7.32 Å². The van der Waals surface area contributed by atoms with Crippen LogP contribution in [0.15, 0.2) is 24.3 Å². The third kappa shape index (κ3) is 3.25. The summed E-state index contributed by atoms with van der Waals surface area (Å²) in [7, 11) is -1.85. The molecule has 1 aromatic rings. The molecule has 1 aromatic carbocycles. The molecule has 0 aliphatic rings. The Morgan fingerprint density at radius 3 is 2.43 bits per heavy atom. The highest BCUT2D eigenvalue weighted by molar-refractivity contribution is 6.33. The summed E-state index contributed by atoms with van der Waals surface area (Å²) in [6.07, 6.45) is 0. The molecule has 0 aliphatic carbocycles. The van der Waals surface area contributed by atoms with E-state index in [9.17, 15) is 0 Å². The third-order valence-electron chi connectivity index (χ3n) is 1.46. The maximum Gasteiger partial charge on any atom is 0.707 e. The molecule has 0 saturated carbocycles. The van der Waals surface area contributed by atoms with Crippen molar-refractivity contribution in [2.75, 3.05) is 13.2 Å². The van der Waals surface area contributed by atoms with Crippen LogP contribution in [0.25, 0.3) is 0 Å². The zero-order valence-corrected chi connectivity index (χ0v) is 7.59. The van der Waals surface area contributed by atoms with Crippen LogP contribution < -0.4 is 15.1 Å². The summed E-state index contributed by atoms with van der Waals surface area (Å²) < 4.78 is 9.90. The number of hydrogen-bond donors (Lipinski definition) is 3. The molecule has 0 atom stereocenters. The van der Waals surface area contributed by atoms with Crippen LogP contribution in [-0.2, 0) is 0 Å². The van der Waals surface area contributed by atoms with Gasteiger partial charge in [0.15, 0.2) is 5.75 Å². The summed E-state index contributed by atoms with van der Waals surface area (Å²) in [6.45, 7) is 0.734. The average Bonchev–Trinajstić information content (AvgIpc) is 2.16. The highest BCUT2D eigenvalue weighted by Gasteiger charge is 2.14. The molecule has 0 unspecified atom stereocenters. The molecule has 0 aromatic heterocycles. The second kappa shape index (κ2) is 5.49. The molecule has 0 aliphatic heterocycles. The number of ether oxygens (including phenoxy) is 1. The van der Waals surface area contributed by atoms with Gasteiger partial charge in [-0.25, -0.2) is 0 Å². The molecule has 0 heterocycles. The lowest BCUT2D eigenvalue weighted by molar-refractivity contribution is 0.269. The Hall–Kier alpha value is -1.24. The van der Waals surface area contributed by atoms with E-state index in [1.54, 1.807) is 24.3 Å².